The van der Waals surface area contributed by atoms with Gasteiger partial charge in [0.05, 0.1) is 23.5 Å². The number of nitrogens with zero attached hydrogens (tertiary/aromatic N) is 6. The lowest BCUT2D eigenvalue weighted by Gasteiger charge is -2.37. The van der Waals surface area contributed by atoms with Crippen LogP contribution in [0.5, 0.6) is 0 Å². The summed E-state index contributed by atoms with van der Waals surface area (Å²) in [6.45, 7) is 9.72. The third-order valence-electron chi connectivity index (χ3n) is 6.04. The van der Waals surface area contributed by atoms with Crippen LogP contribution in [0.4, 0.5) is 23.7 Å². The zero-order valence-corrected chi connectivity index (χ0v) is 21.4. The maximum absolute atomic E-state index is 13.8. The Balaban J connectivity index is 1.75. The fraction of sp³-hybridized carbons (Fsp3) is 0.480. The van der Waals surface area contributed by atoms with Crippen molar-refractivity contribution >= 4 is 22.9 Å². The van der Waals surface area contributed by atoms with Crippen LogP contribution in [0.15, 0.2) is 29.3 Å². The molecule has 3 aromatic heterocycles. The first-order chi connectivity index (χ1) is 17.3. The maximum Gasteiger partial charge on any atom is 0.418 e. The van der Waals surface area contributed by atoms with Crippen LogP contribution < -0.4 is 10.5 Å². The topological polar surface area (TPSA) is 93.5 Å². The Morgan fingerprint density at radius 3 is 2.38 bits per heavy atom. The van der Waals surface area contributed by atoms with Crippen LogP contribution in [0, 0.1) is 13.8 Å². The zero-order valence-electron chi connectivity index (χ0n) is 21.4. The number of aryl methyl sites for hydroxylation is 2. The molecule has 0 spiro atoms. The summed E-state index contributed by atoms with van der Waals surface area (Å²) in [5.41, 5.74) is -0.295. The molecule has 9 nitrogen and oxygen atoms in total. The fourth-order valence-corrected chi connectivity index (χ4v) is 4.34. The van der Waals surface area contributed by atoms with Gasteiger partial charge in [0.15, 0.2) is 5.65 Å². The van der Waals surface area contributed by atoms with Gasteiger partial charge in [-0.2, -0.15) is 13.2 Å². The van der Waals surface area contributed by atoms with Crippen LogP contribution in [0.25, 0.3) is 11.2 Å². The molecule has 37 heavy (non-hydrogen) atoms. The Labute approximate surface area is 211 Å². The number of fused-ring (bicyclic) bond motifs is 1. The van der Waals surface area contributed by atoms with Crippen molar-refractivity contribution in [3.8, 4) is 0 Å². The van der Waals surface area contributed by atoms with Gasteiger partial charge in [-0.05, 0) is 46.8 Å². The summed E-state index contributed by atoms with van der Waals surface area (Å²) in [6.07, 6.45) is -2.25. The largest absolute Gasteiger partial charge is 0.444 e. The Bertz CT molecular complexity index is 1390. The van der Waals surface area contributed by atoms with Gasteiger partial charge in [-0.1, -0.05) is 0 Å². The molecule has 1 aliphatic heterocycles. The highest BCUT2D eigenvalue weighted by molar-refractivity contribution is 5.81. The summed E-state index contributed by atoms with van der Waals surface area (Å²) in [5, 5.41) is 0. The van der Waals surface area contributed by atoms with Crippen LogP contribution in [-0.4, -0.2) is 62.3 Å². The van der Waals surface area contributed by atoms with E-state index < -0.39 is 35.5 Å². The summed E-state index contributed by atoms with van der Waals surface area (Å²) >= 11 is 0. The van der Waals surface area contributed by atoms with Crippen molar-refractivity contribution in [3.63, 3.8) is 0 Å². The summed E-state index contributed by atoms with van der Waals surface area (Å²) in [6, 6.07) is 2.15. The Morgan fingerprint density at radius 2 is 1.76 bits per heavy atom. The van der Waals surface area contributed by atoms with E-state index in [0.717, 1.165) is 6.07 Å². The molecule has 1 amide bonds. The molecule has 1 saturated heterocycles. The first-order valence-electron chi connectivity index (χ1n) is 11.9. The minimum Gasteiger partial charge on any atom is -0.444 e. The normalized spacial score (nSPS) is 14.8. The van der Waals surface area contributed by atoms with E-state index in [9.17, 15) is 22.8 Å². The summed E-state index contributed by atoms with van der Waals surface area (Å²) in [4.78, 5) is 42.5. The number of carbonyl (C=O) groups is 1. The second-order valence-corrected chi connectivity index (χ2v) is 10.00. The number of ether oxygens (including phenoxy) is 1. The monoisotopic (exact) mass is 518 g/mol. The lowest BCUT2D eigenvalue weighted by Crippen LogP contribution is -2.51. The minimum atomic E-state index is -4.63. The molecule has 0 atom stereocenters. The van der Waals surface area contributed by atoms with Crippen LogP contribution in [0.3, 0.4) is 0 Å². The third-order valence-corrected chi connectivity index (χ3v) is 6.04. The average molecular weight is 519 g/mol. The number of piperazine rings is 1. The lowest BCUT2D eigenvalue weighted by molar-refractivity contribution is -0.138. The van der Waals surface area contributed by atoms with E-state index in [0.29, 0.717) is 48.6 Å². The van der Waals surface area contributed by atoms with E-state index in [1.165, 1.54) is 16.8 Å². The number of amides is 1. The van der Waals surface area contributed by atoms with Crippen molar-refractivity contribution in [1.29, 1.82) is 0 Å². The Morgan fingerprint density at radius 1 is 1.08 bits per heavy atom. The van der Waals surface area contributed by atoms with E-state index in [2.05, 4.69) is 15.0 Å². The molecule has 4 rings (SSSR count). The number of carbonyl (C=O) groups excluding carboxylic acids is 1. The van der Waals surface area contributed by atoms with Crippen molar-refractivity contribution in [2.24, 2.45) is 0 Å². The van der Waals surface area contributed by atoms with Crippen LogP contribution >= 0.6 is 0 Å². The quantitative estimate of drug-likeness (QED) is 0.519. The average Bonchev–Trinajstić information content (AvgIpc) is 2.80. The molecule has 12 heteroatoms. The number of rotatable bonds is 3. The highest BCUT2D eigenvalue weighted by Crippen LogP contribution is 2.32. The summed E-state index contributed by atoms with van der Waals surface area (Å²) < 4.78 is 47.6. The molecule has 1 fully saturated rings. The SMILES string of the molecule is Cc1cnc2c(C)c(N3CCN(C(=O)OC(C)(C)C)CC3)c(=O)n(Cc3ncccc3C(F)(F)F)c2n1. The highest BCUT2D eigenvalue weighted by Gasteiger charge is 2.35. The van der Waals surface area contributed by atoms with E-state index in [-0.39, 0.29) is 11.3 Å². The second kappa shape index (κ2) is 9.64. The summed E-state index contributed by atoms with van der Waals surface area (Å²) in [5.74, 6) is 0. The summed E-state index contributed by atoms with van der Waals surface area (Å²) in [7, 11) is 0. The lowest BCUT2D eigenvalue weighted by atomic mass is 10.1. The number of hydrogen-bond donors (Lipinski definition) is 0. The van der Waals surface area contributed by atoms with Gasteiger partial charge in [0, 0.05) is 44.1 Å². The van der Waals surface area contributed by atoms with Crippen molar-refractivity contribution in [2.75, 3.05) is 31.1 Å². The molecule has 0 unspecified atom stereocenters. The van der Waals surface area contributed by atoms with Crippen molar-refractivity contribution in [1.82, 2.24) is 24.4 Å². The molecular formula is C25H29F3N6O3. The van der Waals surface area contributed by atoms with Crippen LogP contribution in [0.2, 0.25) is 0 Å². The van der Waals surface area contributed by atoms with E-state index >= 15 is 0 Å². The maximum atomic E-state index is 13.8. The molecule has 0 N–H and O–H groups in total. The molecular weight excluding hydrogens is 489 g/mol. The van der Waals surface area contributed by atoms with Gasteiger partial charge in [0.25, 0.3) is 5.56 Å². The number of anilines is 1. The van der Waals surface area contributed by atoms with Crippen LogP contribution in [0.1, 0.15) is 43.3 Å². The van der Waals surface area contributed by atoms with Gasteiger partial charge in [-0.15, -0.1) is 0 Å². The molecule has 4 heterocycles. The van der Waals surface area contributed by atoms with Gasteiger partial charge in [0.1, 0.15) is 16.8 Å². The first kappa shape index (κ1) is 26.4. The molecule has 0 saturated carbocycles. The van der Waals surface area contributed by atoms with Crippen LogP contribution in [-0.2, 0) is 17.5 Å². The standard InChI is InChI=1S/C25H29F3N6O3/c1-15-13-30-19-16(2)20(32-9-11-33(12-10-32)23(36)37-24(3,4)5)22(35)34(21(19)31-15)14-18-17(25(26,27)28)7-6-8-29-18/h6-8,13H,9-12,14H2,1-5H3. The van der Waals surface area contributed by atoms with Crippen molar-refractivity contribution in [3.05, 3.63) is 57.4 Å². The number of hydrogen-bond acceptors (Lipinski definition) is 7. The molecule has 3 aromatic rings. The van der Waals surface area contributed by atoms with Crippen molar-refractivity contribution < 1.29 is 22.7 Å². The third kappa shape index (κ3) is 5.52. The number of alkyl halides is 3. The Kier molecular flexibility index (Phi) is 6.87. The highest BCUT2D eigenvalue weighted by atomic mass is 19.4. The molecule has 0 bridgehead atoms. The van der Waals surface area contributed by atoms with Gasteiger partial charge in [0.2, 0.25) is 0 Å². The van der Waals surface area contributed by atoms with Gasteiger partial charge in [-0.3, -0.25) is 19.3 Å². The van der Waals surface area contributed by atoms with E-state index in [4.69, 9.17) is 4.74 Å². The van der Waals surface area contributed by atoms with E-state index in [1.54, 1.807) is 45.7 Å². The molecule has 0 aliphatic carbocycles. The molecule has 0 aromatic carbocycles. The van der Waals surface area contributed by atoms with E-state index in [1.807, 2.05) is 4.90 Å². The number of halogens is 3. The predicted octanol–water partition coefficient (Wildman–Crippen LogP) is 3.93. The number of pyridine rings is 2. The fourth-order valence-electron chi connectivity index (χ4n) is 4.34. The molecule has 198 valence electrons. The first-order valence-corrected chi connectivity index (χ1v) is 11.9. The zero-order chi connectivity index (χ0) is 27.1. The minimum absolute atomic E-state index is 0.192. The van der Waals surface area contributed by atoms with Gasteiger partial charge in [-0.25, -0.2) is 9.78 Å². The number of aromatic nitrogens is 4. The second-order valence-electron chi connectivity index (χ2n) is 10.00. The predicted molar refractivity (Wildman–Crippen MR) is 132 cm³/mol. The Hall–Kier alpha value is -3.70. The molecule has 1 aliphatic rings. The molecule has 0 radical (unpaired) electrons. The van der Waals surface area contributed by atoms with Gasteiger partial charge >= 0.3 is 12.3 Å². The van der Waals surface area contributed by atoms with Crippen molar-refractivity contribution in [2.45, 2.75) is 52.9 Å². The van der Waals surface area contributed by atoms with Gasteiger partial charge < -0.3 is 14.5 Å². The smallest absolute Gasteiger partial charge is 0.418 e.